The lowest BCUT2D eigenvalue weighted by atomic mass is 10.1. The van der Waals surface area contributed by atoms with Gasteiger partial charge in [-0.2, -0.15) is 5.10 Å². The molecular weight excluding hydrogens is 250 g/mol. The highest BCUT2D eigenvalue weighted by Gasteiger charge is 2.14. The van der Waals surface area contributed by atoms with Crippen LogP contribution in [0, 0.1) is 0 Å². The Labute approximate surface area is 108 Å². The normalized spacial score (nSPS) is 12.8. The van der Waals surface area contributed by atoms with Crippen molar-refractivity contribution in [3.63, 3.8) is 0 Å². The van der Waals surface area contributed by atoms with Crippen LogP contribution >= 0.6 is 11.6 Å². The van der Waals surface area contributed by atoms with E-state index in [1.165, 1.54) is 6.20 Å². The lowest BCUT2D eigenvalue weighted by Gasteiger charge is -2.12. The van der Waals surface area contributed by atoms with Crippen LogP contribution in [-0.4, -0.2) is 24.7 Å². The van der Waals surface area contributed by atoms with Crippen molar-refractivity contribution in [1.82, 2.24) is 24.7 Å². The largest absolute Gasteiger partial charge is 0.264 e. The Kier molecular flexibility index (Phi) is 2.68. The molecule has 90 valence electrons. The molecule has 0 spiro atoms. The summed E-state index contributed by atoms with van der Waals surface area (Å²) in [5.41, 5.74) is 2.47. The number of pyridine rings is 1. The summed E-state index contributed by atoms with van der Waals surface area (Å²) in [5, 5.41) is 4.68. The van der Waals surface area contributed by atoms with Gasteiger partial charge in [0, 0.05) is 12.4 Å². The minimum atomic E-state index is 0.0315. The smallest absolute Gasteiger partial charge is 0.178 e. The van der Waals surface area contributed by atoms with E-state index in [0.717, 1.165) is 11.1 Å². The molecule has 0 unspecified atom stereocenters. The van der Waals surface area contributed by atoms with Gasteiger partial charge in [-0.05, 0) is 18.6 Å². The van der Waals surface area contributed by atoms with Gasteiger partial charge in [-0.15, -0.1) is 0 Å². The molecule has 3 heterocycles. The van der Waals surface area contributed by atoms with Crippen molar-refractivity contribution >= 4 is 22.8 Å². The monoisotopic (exact) mass is 259 g/mol. The molecule has 0 aromatic carbocycles. The van der Waals surface area contributed by atoms with Crippen LogP contribution in [0.4, 0.5) is 0 Å². The van der Waals surface area contributed by atoms with Crippen molar-refractivity contribution in [2.24, 2.45) is 0 Å². The molecule has 0 N–H and O–H groups in total. The van der Waals surface area contributed by atoms with Crippen molar-refractivity contribution in [2.45, 2.75) is 13.0 Å². The molecule has 0 radical (unpaired) electrons. The molecule has 1 atom stereocenters. The van der Waals surface area contributed by atoms with Crippen molar-refractivity contribution < 1.29 is 0 Å². The van der Waals surface area contributed by atoms with Crippen LogP contribution in [-0.2, 0) is 0 Å². The van der Waals surface area contributed by atoms with Crippen LogP contribution in [0.15, 0.2) is 36.9 Å². The number of nitrogens with zero attached hydrogens (tertiary/aromatic N) is 5. The first-order chi connectivity index (χ1) is 8.75. The third-order valence-corrected chi connectivity index (χ3v) is 2.99. The van der Waals surface area contributed by atoms with E-state index in [9.17, 15) is 0 Å². The van der Waals surface area contributed by atoms with Crippen LogP contribution in [0.25, 0.3) is 11.2 Å². The van der Waals surface area contributed by atoms with E-state index in [1.807, 2.05) is 25.3 Å². The minimum Gasteiger partial charge on any atom is -0.264 e. The van der Waals surface area contributed by atoms with Gasteiger partial charge in [0.2, 0.25) is 0 Å². The summed E-state index contributed by atoms with van der Waals surface area (Å²) in [4.78, 5) is 12.6. The van der Waals surface area contributed by atoms with Gasteiger partial charge in [0.05, 0.1) is 18.4 Å². The average Bonchev–Trinajstić information content (AvgIpc) is 2.82. The molecule has 0 bridgehead atoms. The molecule has 0 aliphatic rings. The second kappa shape index (κ2) is 4.34. The highest BCUT2D eigenvalue weighted by Crippen LogP contribution is 2.21. The summed E-state index contributed by atoms with van der Waals surface area (Å²) >= 11 is 5.87. The summed E-state index contributed by atoms with van der Waals surface area (Å²) in [6.07, 6.45) is 6.76. The molecule has 3 aromatic rings. The Bertz CT molecular complexity index is 679. The number of hydrogen-bond acceptors (Lipinski definition) is 4. The lowest BCUT2D eigenvalue weighted by Crippen LogP contribution is -2.09. The molecule has 0 amide bonds. The van der Waals surface area contributed by atoms with Gasteiger partial charge in [-0.25, -0.2) is 14.6 Å². The molecule has 3 rings (SSSR count). The minimum absolute atomic E-state index is 0.0315. The van der Waals surface area contributed by atoms with E-state index in [1.54, 1.807) is 17.1 Å². The first kappa shape index (κ1) is 11.1. The van der Waals surface area contributed by atoms with Crippen LogP contribution in [0.5, 0.6) is 0 Å². The lowest BCUT2D eigenvalue weighted by molar-refractivity contribution is 0.577. The number of fused-ring (bicyclic) bond motifs is 1. The molecule has 5 nitrogen and oxygen atoms in total. The maximum atomic E-state index is 5.87. The Morgan fingerprint density at radius 1 is 1.28 bits per heavy atom. The first-order valence-electron chi connectivity index (χ1n) is 5.51. The molecule has 6 heteroatoms. The standard InChI is InChI=1S/C12H10ClN5/c1-8(9-3-2-4-14-5-9)18-12-10(6-16-18)15-7-11(13)17-12/h2-8H,1H3/t8-/m0/s1. The second-order valence-corrected chi connectivity index (χ2v) is 4.34. The average molecular weight is 260 g/mol. The highest BCUT2D eigenvalue weighted by molar-refractivity contribution is 6.29. The molecule has 0 saturated carbocycles. The zero-order valence-corrected chi connectivity index (χ0v) is 10.4. The quantitative estimate of drug-likeness (QED) is 0.709. The van der Waals surface area contributed by atoms with Crippen molar-refractivity contribution in [3.05, 3.63) is 47.6 Å². The fraction of sp³-hybridized carbons (Fsp3) is 0.167. The van der Waals surface area contributed by atoms with Crippen molar-refractivity contribution in [3.8, 4) is 0 Å². The highest BCUT2D eigenvalue weighted by atomic mass is 35.5. The van der Waals surface area contributed by atoms with Gasteiger partial charge in [0.15, 0.2) is 5.65 Å². The van der Waals surface area contributed by atoms with Gasteiger partial charge in [-0.3, -0.25) is 4.98 Å². The Morgan fingerprint density at radius 2 is 2.17 bits per heavy atom. The van der Waals surface area contributed by atoms with E-state index in [2.05, 4.69) is 20.1 Å². The zero-order chi connectivity index (χ0) is 12.5. The summed E-state index contributed by atoms with van der Waals surface area (Å²) in [6, 6.07) is 3.93. The summed E-state index contributed by atoms with van der Waals surface area (Å²) in [5.74, 6) is 0. The van der Waals surface area contributed by atoms with E-state index >= 15 is 0 Å². The fourth-order valence-electron chi connectivity index (χ4n) is 1.85. The predicted octanol–water partition coefficient (Wildman–Crippen LogP) is 2.48. The first-order valence-corrected chi connectivity index (χ1v) is 5.89. The van der Waals surface area contributed by atoms with Crippen molar-refractivity contribution in [1.29, 1.82) is 0 Å². The number of rotatable bonds is 2. The molecule has 18 heavy (non-hydrogen) atoms. The van der Waals surface area contributed by atoms with Crippen LogP contribution in [0.1, 0.15) is 18.5 Å². The third kappa shape index (κ3) is 1.82. The second-order valence-electron chi connectivity index (χ2n) is 3.95. The zero-order valence-electron chi connectivity index (χ0n) is 9.66. The van der Waals surface area contributed by atoms with E-state index in [-0.39, 0.29) is 6.04 Å². The maximum Gasteiger partial charge on any atom is 0.178 e. The predicted molar refractivity (Wildman–Crippen MR) is 68.4 cm³/mol. The molecular formula is C12H10ClN5. The van der Waals surface area contributed by atoms with Gasteiger partial charge >= 0.3 is 0 Å². The fourth-order valence-corrected chi connectivity index (χ4v) is 1.98. The molecule has 0 saturated heterocycles. The van der Waals surface area contributed by atoms with E-state index < -0.39 is 0 Å². The molecule has 0 aliphatic heterocycles. The van der Waals surface area contributed by atoms with Gasteiger partial charge in [0.1, 0.15) is 10.7 Å². The maximum absolute atomic E-state index is 5.87. The van der Waals surface area contributed by atoms with Crippen LogP contribution in [0.3, 0.4) is 0 Å². The van der Waals surface area contributed by atoms with Crippen LogP contribution < -0.4 is 0 Å². The Morgan fingerprint density at radius 3 is 2.94 bits per heavy atom. The molecule has 0 fully saturated rings. The van der Waals surface area contributed by atoms with Crippen molar-refractivity contribution in [2.75, 3.05) is 0 Å². The molecule has 3 aromatic heterocycles. The summed E-state index contributed by atoms with van der Waals surface area (Å²) in [6.45, 7) is 2.03. The topological polar surface area (TPSA) is 56.5 Å². The summed E-state index contributed by atoms with van der Waals surface area (Å²) in [7, 11) is 0. The number of hydrogen-bond donors (Lipinski definition) is 0. The van der Waals surface area contributed by atoms with Gasteiger partial charge in [-0.1, -0.05) is 17.7 Å². The number of halogens is 1. The third-order valence-electron chi connectivity index (χ3n) is 2.81. The molecule has 0 aliphatic carbocycles. The van der Waals surface area contributed by atoms with Gasteiger partial charge in [0.25, 0.3) is 0 Å². The Balaban J connectivity index is 2.12. The summed E-state index contributed by atoms with van der Waals surface area (Å²) < 4.78 is 1.80. The number of aromatic nitrogens is 5. The van der Waals surface area contributed by atoms with Crippen LogP contribution in [0.2, 0.25) is 5.15 Å². The van der Waals surface area contributed by atoms with Gasteiger partial charge < -0.3 is 0 Å². The van der Waals surface area contributed by atoms with E-state index in [4.69, 9.17) is 11.6 Å². The van der Waals surface area contributed by atoms with E-state index in [0.29, 0.717) is 10.8 Å². The Hall–Kier alpha value is -2.01. The SMILES string of the molecule is C[C@@H](c1cccnc1)n1ncc2ncc(Cl)nc21.